The number of aryl methyl sites for hydroxylation is 1. The van der Waals surface area contributed by atoms with Gasteiger partial charge < -0.3 is 10.6 Å². The highest BCUT2D eigenvalue weighted by molar-refractivity contribution is 5.06. The first kappa shape index (κ1) is 9.68. The van der Waals surface area contributed by atoms with Gasteiger partial charge in [0.15, 0.2) is 0 Å². The van der Waals surface area contributed by atoms with E-state index in [9.17, 15) is 0 Å². The monoisotopic (exact) mass is 194 g/mol. The van der Waals surface area contributed by atoms with Crippen LogP contribution in [0.25, 0.3) is 0 Å². The Morgan fingerprint density at radius 3 is 3.00 bits per heavy atom. The molecule has 1 aliphatic carbocycles. The lowest BCUT2D eigenvalue weighted by molar-refractivity contribution is 0.603. The van der Waals surface area contributed by atoms with Crippen LogP contribution in [0.15, 0.2) is 6.07 Å². The normalized spacial score (nSPS) is 16.1. The lowest BCUT2D eigenvalue weighted by Gasteiger charge is -2.03. The van der Waals surface area contributed by atoms with Crippen molar-refractivity contribution in [1.29, 1.82) is 0 Å². The first-order valence-electron chi connectivity index (χ1n) is 5.29. The Morgan fingerprint density at radius 1 is 1.50 bits per heavy atom. The predicted molar refractivity (Wildman–Crippen MR) is 56.1 cm³/mol. The predicted octanol–water partition coefficient (Wildman–Crippen LogP) is 0.560. The fourth-order valence-corrected chi connectivity index (χ4v) is 1.43. The number of rotatable bonds is 6. The van der Waals surface area contributed by atoms with Crippen molar-refractivity contribution in [1.82, 2.24) is 20.8 Å². The van der Waals surface area contributed by atoms with Crippen molar-refractivity contribution in [3.63, 3.8) is 0 Å². The zero-order chi connectivity index (χ0) is 9.80. The maximum Gasteiger partial charge on any atom is 0.0762 e. The molecule has 3 N–H and O–H groups in total. The molecular formula is C10H18N4. The van der Waals surface area contributed by atoms with Crippen molar-refractivity contribution < 1.29 is 0 Å². The highest BCUT2D eigenvalue weighted by Gasteiger charge is 2.19. The first-order valence-corrected chi connectivity index (χ1v) is 5.29. The Hall–Kier alpha value is -0.870. The number of aromatic amines is 1. The Labute approximate surface area is 84.5 Å². The van der Waals surface area contributed by atoms with Gasteiger partial charge in [-0.05, 0) is 25.8 Å². The van der Waals surface area contributed by atoms with Crippen LogP contribution in [0.3, 0.4) is 0 Å². The topological polar surface area (TPSA) is 52.7 Å². The fraction of sp³-hybridized carbons (Fsp3) is 0.700. The standard InChI is InChI=1S/C10H18N4/c1-8-6-10(14-13-8)7-11-4-5-12-9-2-3-9/h6,9,11-12H,2-5,7H2,1H3,(H,13,14). The molecule has 78 valence electrons. The smallest absolute Gasteiger partial charge is 0.0762 e. The summed E-state index contributed by atoms with van der Waals surface area (Å²) < 4.78 is 0. The minimum Gasteiger partial charge on any atom is -0.313 e. The molecule has 0 aromatic carbocycles. The molecule has 0 aliphatic heterocycles. The Morgan fingerprint density at radius 2 is 2.36 bits per heavy atom. The largest absolute Gasteiger partial charge is 0.313 e. The summed E-state index contributed by atoms with van der Waals surface area (Å²) in [5.41, 5.74) is 2.21. The van der Waals surface area contributed by atoms with Crippen LogP contribution in [0.5, 0.6) is 0 Å². The van der Waals surface area contributed by atoms with Crippen LogP contribution in [0, 0.1) is 6.92 Å². The molecule has 0 bridgehead atoms. The van der Waals surface area contributed by atoms with E-state index < -0.39 is 0 Å². The average Bonchev–Trinajstić information content (AvgIpc) is 2.89. The van der Waals surface area contributed by atoms with E-state index in [1.54, 1.807) is 0 Å². The van der Waals surface area contributed by atoms with Gasteiger partial charge in [0.1, 0.15) is 0 Å². The van der Waals surface area contributed by atoms with Gasteiger partial charge in [-0.15, -0.1) is 0 Å². The molecule has 1 aromatic heterocycles. The maximum atomic E-state index is 4.15. The van der Waals surface area contributed by atoms with E-state index in [1.807, 2.05) is 6.92 Å². The summed E-state index contributed by atoms with van der Waals surface area (Å²) in [6, 6.07) is 2.88. The van der Waals surface area contributed by atoms with Gasteiger partial charge >= 0.3 is 0 Å². The van der Waals surface area contributed by atoms with Crippen molar-refractivity contribution in [3.05, 3.63) is 17.5 Å². The average molecular weight is 194 g/mol. The zero-order valence-electron chi connectivity index (χ0n) is 8.64. The second-order valence-electron chi connectivity index (χ2n) is 3.95. The molecule has 4 nitrogen and oxygen atoms in total. The van der Waals surface area contributed by atoms with Gasteiger partial charge in [0.05, 0.1) is 5.69 Å². The number of hydrogen-bond donors (Lipinski definition) is 3. The van der Waals surface area contributed by atoms with Gasteiger partial charge in [-0.2, -0.15) is 5.10 Å². The molecular weight excluding hydrogens is 176 g/mol. The molecule has 1 saturated carbocycles. The molecule has 2 rings (SSSR count). The van der Waals surface area contributed by atoms with Crippen LogP contribution in [-0.2, 0) is 6.54 Å². The minimum atomic E-state index is 0.810. The summed E-state index contributed by atoms with van der Waals surface area (Å²) in [6.45, 7) is 4.96. The van der Waals surface area contributed by atoms with E-state index in [0.717, 1.165) is 37.1 Å². The van der Waals surface area contributed by atoms with E-state index in [-0.39, 0.29) is 0 Å². The third kappa shape index (κ3) is 3.12. The minimum absolute atomic E-state index is 0.810. The van der Waals surface area contributed by atoms with Crippen molar-refractivity contribution in [2.45, 2.75) is 32.4 Å². The SMILES string of the molecule is Cc1cc(CNCCNC2CC2)n[nH]1. The second kappa shape index (κ2) is 4.57. The van der Waals surface area contributed by atoms with Gasteiger partial charge in [0.2, 0.25) is 0 Å². The maximum absolute atomic E-state index is 4.15. The van der Waals surface area contributed by atoms with Gasteiger partial charge in [-0.3, -0.25) is 5.10 Å². The van der Waals surface area contributed by atoms with Crippen molar-refractivity contribution in [2.24, 2.45) is 0 Å². The number of hydrogen-bond acceptors (Lipinski definition) is 3. The summed E-state index contributed by atoms with van der Waals surface area (Å²) in [5.74, 6) is 0. The van der Waals surface area contributed by atoms with E-state index >= 15 is 0 Å². The fourth-order valence-electron chi connectivity index (χ4n) is 1.43. The third-order valence-corrected chi connectivity index (χ3v) is 2.38. The Balaban J connectivity index is 1.53. The molecule has 0 radical (unpaired) electrons. The van der Waals surface area contributed by atoms with Gasteiger partial charge in [-0.1, -0.05) is 0 Å². The molecule has 1 aromatic rings. The van der Waals surface area contributed by atoms with Crippen LogP contribution in [-0.4, -0.2) is 29.3 Å². The van der Waals surface area contributed by atoms with E-state index in [2.05, 4.69) is 26.9 Å². The molecule has 1 aliphatic rings. The third-order valence-electron chi connectivity index (χ3n) is 2.38. The molecule has 0 spiro atoms. The van der Waals surface area contributed by atoms with E-state index in [0.29, 0.717) is 0 Å². The van der Waals surface area contributed by atoms with Crippen molar-refractivity contribution in [2.75, 3.05) is 13.1 Å². The summed E-state index contributed by atoms with van der Waals surface area (Å²) in [4.78, 5) is 0. The zero-order valence-corrected chi connectivity index (χ0v) is 8.64. The molecule has 0 amide bonds. The van der Waals surface area contributed by atoms with Crippen molar-refractivity contribution in [3.8, 4) is 0 Å². The first-order chi connectivity index (χ1) is 6.84. The summed E-state index contributed by atoms with van der Waals surface area (Å²) in [5, 5.41) is 13.9. The summed E-state index contributed by atoms with van der Waals surface area (Å²) in [7, 11) is 0. The number of aromatic nitrogens is 2. The van der Waals surface area contributed by atoms with Gasteiger partial charge in [0, 0.05) is 31.4 Å². The van der Waals surface area contributed by atoms with Crippen LogP contribution in [0.4, 0.5) is 0 Å². The lowest BCUT2D eigenvalue weighted by Crippen LogP contribution is -2.28. The highest BCUT2D eigenvalue weighted by atomic mass is 15.1. The molecule has 0 unspecified atom stereocenters. The molecule has 0 atom stereocenters. The molecule has 4 heteroatoms. The van der Waals surface area contributed by atoms with Crippen molar-refractivity contribution >= 4 is 0 Å². The van der Waals surface area contributed by atoms with E-state index in [4.69, 9.17) is 0 Å². The highest BCUT2D eigenvalue weighted by Crippen LogP contribution is 2.17. The van der Waals surface area contributed by atoms with Crippen LogP contribution in [0.2, 0.25) is 0 Å². The van der Waals surface area contributed by atoms with Gasteiger partial charge in [0.25, 0.3) is 0 Å². The molecule has 1 heterocycles. The Bertz CT molecular complexity index is 277. The second-order valence-corrected chi connectivity index (χ2v) is 3.95. The quantitative estimate of drug-likeness (QED) is 0.580. The van der Waals surface area contributed by atoms with E-state index in [1.165, 1.54) is 12.8 Å². The molecule has 0 saturated heterocycles. The lowest BCUT2D eigenvalue weighted by atomic mass is 10.4. The van der Waals surface area contributed by atoms with Crippen LogP contribution in [0.1, 0.15) is 24.2 Å². The Kier molecular flexibility index (Phi) is 3.16. The number of H-pyrrole nitrogens is 1. The molecule has 1 fully saturated rings. The van der Waals surface area contributed by atoms with Gasteiger partial charge in [-0.25, -0.2) is 0 Å². The summed E-state index contributed by atoms with van der Waals surface area (Å²) >= 11 is 0. The molecule has 14 heavy (non-hydrogen) atoms. The number of nitrogens with zero attached hydrogens (tertiary/aromatic N) is 1. The summed E-state index contributed by atoms with van der Waals surface area (Å²) in [6.07, 6.45) is 2.72. The van der Waals surface area contributed by atoms with Crippen LogP contribution < -0.4 is 10.6 Å². The number of nitrogens with one attached hydrogen (secondary N) is 3. The van der Waals surface area contributed by atoms with Crippen LogP contribution >= 0.6 is 0 Å².